The van der Waals surface area contributed by atoms with E-state index in [4.69, 9.17) is 96.2 Å². The summed E-state index contributed by atoms with van der Waals surface area (Å²) in [4.78, 5) is 52.3. The fraction of sp³-hybridized carbons (Fsp3) is 0.612. The number of ether oxygens (including phenoxy) is 4. The van der Waals surface area contributed by atoms with Gasteiger partial charge in [-0.2, -0.15) is 0 Å². The van der Waals surface area contributed by atoms with Gasteiger partial charge in [0.2, 0.25) is 0 Å². The molecule has 8 saturated heterocycles. The second-order valence-electron chi connectivity index (χ2n) is 29.1. The molecule has 36 nitrogen and oxygen atoms in total. The number of fused-ring (bicyclic) bond motifs is 4. The smallest absolute Gasteiger partial charge is 0.347 e. The summed E-state index contributed by atoms with van der Waals surface area (Å²) in [6.45, 7) is 27.1. The molecule has 107 heavy (non-hydrogen) atoms. The number of nitrogens with zero attached hydrogens (tertiary/aromatic N) is 4. The van der Waals surface area contributed by atoms with E-state index in [1.165, 1.54) is 24.3 Å². The summed E-state index contributed by atoms with van der Waals surface area (Å²) in [5.74, 6) is 0.591. The van der Waals surface area contributed by atoms with Gasteiger partial charge in [0.05, 0.1) is 74.0 Å². The van der Waals surface area contributed by atoms with Gasteiger partial charge in [-0.25, -0.2) is 18.3 Å². The summed E-state index contributed by atoms with van der Waals surface area (Å²) in [6.07, 6.45) is 13.5. The highest BCUT2D eigenvalue weighted by molar-refractivity contribution is 7.49. The molecule has 2 unspecified atom stereocenters. The number of phosphoric acid groups is 4. The molecule has 10 fully saturated rings. The Morgan fingerprint density at radius 2 is 0.757 bits per heavy atom. The predicted octanol–water partition coefficient (Wildman–Crippen LogP) is 6.06. The van der Waals surface area contributed by atoms with Crippen molar-refractivity contribution in [2.24, 2.45) is 28.9 Å². The van der Waals surface area contributed by atoms with E-state index in [1.807, 2.05) is 30.3 Å². The molecular formula is C67H98N12O24P4. The van der Waals surface area contributed by atoms with E-state index in [9.17, 15) is 37.4 Å². The monoisotopic (exact) mass is 1580 g/mol. The van der Waals surface area contributed by atoms with Gasteiger partial charge >= 0.3 is 31.3 Å². The van der Waals surface area contributed by atoms with Gasteiger partial charge in [-0.3, -0.25) is 73.5 Å². The van der Waals surface area contributed by atoms with Crippen molar-refractivity contribution in [1.82, 2.24) is 40.9 Å². The number of phosphoric ester groups is 4. The van der Waals surface area contributed by atoms with E-state index in [0.29, 0.717) is 35.8 Å². The second kappa shape index (κ2) is 32.2. The molecule has 40 heteroatoms. The molecule has 590 valence electrons. The number of amides is 4. The number of rotatable bonds is 18. The van der Waals surface area contributed by atoms with Crippen molar-refractivity contribution in [3.05, 3.63) is 135 Å². The van der Waals surface area contributed by atoms with Crippen LogP contribution in [0.5, 0.6) is 0 Å². The van der Waals surface area contributed by atoms with E-state index in [1.54, 1.807) is 72.1 Å². The maximum atomic E-state index is 13.1. The molecule has 0 bridgehead atoms. The minimum Gasteiger partial charge on any atom is -0.347 e. The minimum atomic E-state index is -3.81. The second-order valence-corrected chi connectivity index (χ2v) is 35.5. The summed E-state index contributed by atoms with van der Waals surface area (Å²) in [7, 11) is -14.9. The third-order valence-electron chi connectivity index (χ3n) is 20.3. The third-order valence-corrected chi connectivity index (χ3v) is 26.2. The molecule has 12 heterocycles. The molecule has 0 aromatic heterocycles. The highest BCUT2D eigenvalue weighted by atomic mass is 31.2. The lowest BCUT2D eigenvalue weighted by atomic mass is 9.93. The molecular weight excluding hydrogens is 1480 g/mol. The molecule has 0 radical (unpaired) electrons. The zero-order valence-corrected chi connectivity index (χ0v) is 64.1. The van der Waals surface area contributed by atoms with E-state index in [0.717, 1.165) is 69.8 Å². The summed E-state index contributed by atoms with van der Waals surface area (Å²) >= 11 is 0. The molecule has 2 saturated carbocycles. The van der Waals surface area contributed by atoms with Crippen molar-refractivity contribution in [3.8, 4) is 0 Å². The van der Waals surface area contributed by atoms with Crippen LogP contribution in [0.25, 0.3) is 0 Å². The van der Waals surface area contributed by atoms with Gasteiger partial charge in [0.25, 0.3) is 23.6 Å². The van der Waals surface area contributed by atoms with Crippen molar-refractivity contribution in [2.45, 2.75) is 220 Å². The Balaban J connectivity index is 0.000000134. The number of hydrogen-bond acceptors (Lipinski definition) is 32. The van der Waals surface area contributed by atoms with E-state index in [2.05, 4.69) is 61.4 Å². The fourth-order valence-electron chi connectivity index (χ4n) is 14.2. The van der Waals surface area contributed by atoms with Crippen LogP contribution >= 0.6 is 31.3 Å². The molecule has 14 aliphatic rings. The number of carbonyl (C=O) groups is 4. The average Bonchev–Trinajstić information content (AvgIpc) is 1.62. The van der Waals surface area contributed by atoms with Crippen LogP contribution in [-0.2, 0) is 117 Å². The number of carbonyl (C=O) groups excluding carboxylic acids is 4. The van der Waals surface area contributed by atoms with Gasteiger partial charge in [0.15, 0.2) is 24.9 Å². The summed E-state index contributed by atoms with van der Waals surface area (Å²) < 4.78 is 142. The normalized spacial score (nSPS) is 40.7. The Morgan fingerprint density at radius 1 is 0.467 bits per heavy atom. The van der Waals surface area contributed by atoms with Crippen molar-refractivity contribution in [2.75, 3.05) is 33.0 Å². The van der Waals surface area contributed by atoms with E-state index < -0.39 is 127 Å². The Labute approximate surface area is 620 Å². The molecule has 20 atom stereocenters. The lowest BCUT2D eigenvalue weighted by Crippen LogP contribution is -2.60. The first-order valence-electron chi connectivity index (χ1n) is 35.6. The molecule has 1 aromatic rings. The van der Waals surface area contributed by atoms with Crippen LogP contribution in [0.1, 0.15) is 111 Å². The Bertz CT molecular complexity index is 3770. The summed E-state index contributed by atoms with van der Waals surface area (Å²) in [6, 6.07) is 9.30. The molecule has 12 N–H and O–H groups in total. The largest absolute Gasteiger partial charge is 0.475 e. The lowest BCUT2D eigenvalue weighted by molar-refractivity contribution is -0.119. The van der Waals surface area contributed by atoms with Crippen LogP contribution in [0.4, 0.5) is 0 Å². The first-order valence-corrected chi connectivity index (χ1v) is 41.4. The Morgan fingerprint density at radius 3 is 1.04 bits per heavy atom. The van der Waals surface area contributed by atoms with Crippen LogP contribution in [0.2, 0.25) is 0 Å². The SMILES string of the molecule is C=C1NC(=O)C=CN1[C@@H]1O[C@@H]2CO[P@@](=O)(OC3CCC3)OC2[C@@]1(C)N.C=C1NC(=O)C=CN1[C@@H]1O[C@@H]2CO[P@](=O)(OC3CCC3)OC2[C@@]1(C)N.C=C1NC(=O)C=CN1[C@@H]1O[C@@H]2CO[P@](=O)(OCC(CCC)CCC)O[C@H]2[C@@]1(C)N.C=C1NC(=O)C=CN1[C@@H]1O[C@@H]2CO[P@](=O)(OCc3ccccc3)O[C@H]2[C@@]1(C)N. The number of nitrogens with two attached hydrogens (primary N) is 4. The molecule has 4 amide bonds. The van der Waals surface area contributed by atoms with Gasteiger partial charge in [0, 0.05) is 49.1 Å². The Hall–Kier alpha value is -5.66. The van der Waals surface area contributed by atoms with Gasteiger partial charge in [-0.1, -0.05) is 83.3 Å². The maximum Gasteiger partial charge on any atom is 0.475 e. The quantitative estimate of drug-likeness (QED) is 0.0774. The fourth-order valence-corrected chi connectivity index (χ4v) is 20.6. The number of hydrogen-bond donors (Lipinski definition) is 8. The maximum absolute atomic E-state index is 13.1. The van der Waals surface area contributed by atoms with Crippen LogP contribution < -0.4 is 44.2 Å². The molecule has 2 aliphatic carbocycles. The predicted molar refractivity (Wildman–Crippen MR) is 380 cm³/mol. The zero-order valence-electron chi connectivity index (χ0n) is 60.5. The summed E-state index contributed by atoms with van der Waals surface area (Å²) in [5.41, 5.74) is 22.7. The van der Waals surface area contributed by atoms with Crippen LogP contribution in [0.15, 0.2) is 129 Å². The van der Waals surface area contributed by atoms with Gasteiger partial charge in [-0.05, 0) is 90.5 Å². The van der Waals surface area contributed by atoms with Crippen LogP contribution in [-0.4, -0.2) is 184 Å². The van der Waals surface area contributed by atoms with Crippen molar-refractivity contribution in [3.63, 3.8) is 0 Å². The Kier molecular flexibility index (Phi) is 24.3. The first-order chi connectivity index (χ1) is 50.5. The summed E-state index contributed by atoms with van der Waals surface area (Å²) in [5, 5.41) is 10.4. The molecule has 1 aromatic carbocycles. The number of nitrogens with one attached hydrogen (secondary N) is 4. The van der Waals surface area contributed by atoms with Crippen molar-refractivity contribution < 1.29 is 111 Å². The third kappa shape index (κ3) is 17.7. The van der Waals surface area contributed by atoms with Gasteiger partial charge < -0.3 is 82.7 Å². The zero-order chi connectivity index (χ0) is 76.8. The first kappa shape index (κ1) is 80.8. The number of benzene rings is 1. The highest BCUT2D eigenvalue weighted by Crippen LogP contribution is 2.63. The van der Waals surface area contributed by atoms with E-state index >= 15 is 0 Å². The van der Waals surface area contributed by atoms with Crippen LogP contribution in [0.3, 0.4) is 0 Å². The van der Waals surface area contributed by atoms with Crippen molar-refractivity contribution >= 4 is 54.9 Å². The standard InChI is InChI=1S/C19H32N3O6P.C18H22N3O6P.2C15H22N3O6P/c1-5-7-14(8-6-2)11-25-29(24)26-12-15-17(28-29)19(4,20)18(27-15)22-10-9-16(23)21-13(22)3;1-12-20-15(22)8-9-21(12)17-18(2,19)16-14(26-17)11-25-28(23,27-16)24-10-13-6-4-3-5-7-13;2*1-9-17-12(19)6-7-18(9)14-15(2,16)13-11(22-14)8-21-25(20,24-13)23-10-4-3-5-10/h9-10,14-15,17-18H,3,5-8,11-12,20H2,1-2,4H3,(H,21,23);3-9,14,16-17H,1,10-11,19H2,2H3,(H,20,22);2*6-7,10-11,13-14H,1,3-5,8,16H2,2H3,(H,17,19)/t15-,17-,18-,19-,29+;14-,16-,17-,18-,28+;11-,13?,14-,15-,25+;11-,13?,14-,15-,25-/m1111/s1. The topological polar surface area (TPSA) is 449 Å². The average molecular weight is 1580 g/mol. The lowest BCUT2D eigenvalue weighted by Gasteiger charge is -2.40. The highest BCUT2D eigenvalue weighted by Gasteiger charge is 2.65. The van der Waals surface area contributed by atoms with Gasteiger partial charge in [-0.15, -0.1) is 0 Å². The molecule has 0 spiro atoms. The molecule has 15 rings (SSSR count). The van der Waals surface area contributed by atoms with Gasteiger partial charge in [0.1, 0.15) is 72.1 Å². The van der Waals surface area contributed by atoms with Crippen LogP contribution in [0, 0.1) is 5.92 Å². The van der Waals surface area contributed by atoms with Crippen molar-refractivity contribution in [1.29, 1.82) is 0 Å². The minimum absolute atomic E-state index is 0.0103. The molecule has 12 aliphatic heterocycles. The van der Waals surface area contributed by atoms with E-state index in [-0.39, 0.29) is 68.9 Å².